The van der Waals surface area contributed by atoms with Gasteiger partial charge in [-0.1, -0.05) is 56.5 Å². The summed E-state index contributed by atoms with van der Waals surface area (Å²) in [5, 5.41) is 5.58. The van der Waals surface area contributed by atoms with Crippen LogP contribution in [-0.4, -0.2) is 24.6 Å². The normalized spacial score (nSPS) is 18.6. The quantitative estimate of drug-likeness (QED) is 0.444. The summed E-state index contributed by atoms with van der Waals surface area (Å²) in [5.41, 5.74) is 1.98. The number of allylic oxidation sites excluding steroid dienone is 1. The first kappa shape index (κ1) is 23.5. The minimum Gasteiger partial charge on any atom is -0.462 e. The van der Waals surface area contributed by atoms with Crippen molar-refractivity contribution in [1.82, 2.24) is 10.6 Å². The van der Waals surface area contributed by atoms with Crippen molar-refractivity contribution >= 4 is 18.0 Å². The average molecular weight is 463 g/mol. The molecule has 178 valence electrons. The van der Waals surface area contributed by atoms with Crippen molar-refractivity contribution < 1.29 is 23.9 Å². The van der Waals surface area contributed by atoms with E-state index in [1.54, 1.807) is 48.5 Å². The van der Waals surface area contributed by atoms with Gasteiger partial charge in [-0.3, -0.25) is 0 Å². The van der Waals surface area contributed by atoms with Crippen LogP contribution in [0.5, 0.6) is 5.75 Å². The molecule has 2 aromatic rings. The molecule has 0 unspecified atom stereocenters. The van der Waals surface area contributed by atoms with E-state index in [1.165, 1.54) is 19.3 Å². The predicted molar refractivity (Wildman–Crippen MR) is 127 cm³/mol. The Balaban J connectivity index is 1.55. The standard InChI is InChI=1S/C27H30N2O5/c1-2-22-23(26(31)33-17-18-10-5-3-6-11-18)24(29-27(32)28-22)20-14-9-15-21(16-20)34-25(30)19-12-7-4-8-13-19/h4,7-9,12-16,18,24H,2-3,5-6,10-11,17H2,1H3,(H2,28,29,32)/t24-/m0/s1. The second kappa shape index (κ2) is 11.0. The lowest BCUT2D eigenvalue weighted by molar-refractivity contribution is -0.141. The van der Waals surface area contributed by atoms with Crippen LogP contribution >= 0.6 is 0 Å². The van der Waals surface area contributed by atoms with Crippen LogP contribution in [-0.2, 0) is 9.53 Å². The third kappa shape index (κ3) is 5.65. The second-order valence-electron chi connectivity index (χ2n) is 8.71. The van der Waals surface area contributed by atoms with Crippen molar-refractivity contribution in [3.63, 3.8) is 0 Å². The van der Waals surface area contributed by atoms with Gasteiger partial charge in [0.15, 0.2) is 0 Å². The number of carbonyl (C=O) groups is 3. The van der Waals surface area contributed by atoms with Gasteiger partial charge in [0.1, 0.15) is 5.75 Å². The molecule has 1 saturated carbocycles. The lowest BCUT2D eigenvalue weighted by Crippen LogP contribution is -2.46. The maximum atomic E-state index is 13.2. The van der Waals surface area contributed by atoms with Crippen LogP contribution in [0.2, 0.25) is 0 Å². The van der Waals surface area contributed by atoms with E-state index >= 15 is 0 Å². The summed E-state index contributed by atoms with van der Waals surface area (Å²) in [4.78, 5) is 38.0. The zero-order chi connectivity index (χ0) is 23.9. The molecule has 2 aromatic carbocycles. The lowest BCUT2D eigenvalue weighted by Gasteiger charge is -2.30. The van der Waals surface area contributed by atoms with Crippen molar-refractivity contribution in [1.29, 1.82) is 0 Å². The zero-order valence-corrected chi connectivity index (χ0v) is 19.3. The molecule has 1 aliphatic heterocycles. The van der Waals surface area contributed by atoms with E-state index in [1.807, 2.05) is 13.0 Å². The molecule has 1 atom stereocenters. The first-order valence-corrected chi connectivity index (χ1v) is 11.9. The molecule has 1 heterocycles. The van der Waals surface area contributed by atoms with E-state index in [-0.39, 0.29) is 0 Å². The highest BCUT2D eigenvalue weighted by Gasteiger charge is 2.34. The molecule has 0 spiro atoms. The van der Waals surface area contributed by atoms with Gasteiger partial charge in [-0.25, -0.2) is 14.4 Å². The van der Waals surface area contributed by atoms with Gasteiger partial charge in [-0.05, 0) is 55.0 Å². The van der Waals surface area contributed by atoms with Crippen molar-refractivity contribution in [2.45, 2.75) is 51.5 Å². The fourth-order valence-electron chi connectivity index (χ4n) is 4.51. The molecule has 0 saturated heterocycles. The zero-order valence-electron chi connectivity index (χ0n) is 19.3. The Hall–Kier alpha value is -3.61. The highest BCUT2D eigenvalue weighted by atomic mass is 16.5. The molecule has 4 rings (SSSR count). The molecule has 0 aromatic heterocycles. The van der Waals surface area contributed by atoms with Crippen LogP contribution in [0.25, 0.3) is 0 Å². The third-order valence-corrected chi connectivity index (χ3v) is 6.31. The van der Waals surface area contributed by atoms with E-state index in [9.17, 15) is 14.4 Å². The predicted octanol–water partition coefficient (Wildman–Crippen LogP) is 5.05. The van der Waals surface area contributed by atoms with E-state index in [2.05, 4.69) is 10.6 Å². The molecular formula is C27H30N2O5. The number of hydrogen-bond donors (Lipinski definition) is 2. The maximum absolute atomic E-state index is 13.2. The van der Waals surface area contributed by atoms with Gasteiger partial charge in [-0.15, -0.1) is 0 Å². The third-order valence-electron chi connectivity index (χ3n) is 6.31. The minimum atomic E-state index is -0.710. The Morgan fingerprint density at radius 3 is 2.47 bits per heavy atom. The summed E-state index contributed by atoms with van der Waals surface area (Å²) in [6.07, 6.45) is 6.18. The Labute approximate surface area is 199 Å². The first-order valence-electron chi connectivity index (χ1n) is 11.9. The lowest BCUT2D eigenvalue weighted by atomic mass is 9.90. The Kier molecular flexibility index (Phi) is 7.62. The SMILES string of the molecule is CCC1=C(C(=O)OCC2CCCCC2)[C@H](c2cccc(OC(=O)c3ccccc3)c2)NC(=O)N1. The van der Waals surface area contributed by atoms with Crippen molar-refractivity contribution in [2.24, 2.45) is 5.92 Å². The van der Waals surface area contributed by atoms with Gasteiger partial charge in [0.05, 0.1) is 23.8 Å². The smallest absolute Gasteiger partial charge is 0.343 e. The Morgan fingerprint density at radius 2 is 1.74 bits per heavy atom. The highest BCUT2D eigenvalue weighted by Crippen LogP contribution is 2.32. The maximum Gasteiger partial charge on any atom is 0.343 e. The fourth-order valence-corrected chi connectivity index (χ4v) is 4.51. The van der Waals surface area contributed by atoms with Crippen molar-refractivity contribution in [3.05, 3.63) is 77.0 Å². The Morgan fingerprint density at radius 1 is 0.971 bits per heavy atom. The number of nitrogens with one attached hydrogen (secondary N) is 2. The summed E-state index contributed by atoms with van der Waals surface area (Å²) in [5.74, 6) is -0.212. The largest absolute Gasteiger partial charge is 0.462 e. The first-order chi connectivity index (χ1) is 16.5. The van der Waals surface area contributed by atoms with Crippen molar-refractivity contribution in [2.75, 3.05) is 6.61 Å². The molecule has 0 radical (unpaired) electrons. The van der Waals surface area contributed by atoms with Crippen LogP contribution < -0.4 is 15.4 Å². The number of carbonyl (C=O) groups excluding carboxylic acids is 3. The van der Waals surface area contributed by atoms with E-state index in [4.69, 9.17) is 9.47 Å². The monoisotopic (exact) mass is 462 g/mol. The molecule has 0 bridgehead atoms. The van der Waals surface area contributed by atoms with Crippen molar-refractivity contribution in [3.8, 4) is 5.75 Å². The number of ether oxygens (including phenoxy) is 2. The Bertz CT molecular complexity index is 1070. The number of urea groups is 1. The molecule has 34 heavy (non-hydrogen) atoms. The van der Waals surface area contributed by atoms with E-state index < -0.39 is 24.0 Å². The van der Waals surface area contributed by atoms with Gasteiger partial charge in [0.2, 0.25) is 0 Å². The van der Waals surface area contributed by atoms with Crippen LogP contribution in [0, 0.1) is 5.92 Å². The van der Waals surface area contributed by atoms with Gasteiger partial charge in [0.25, 0.3) is 0 Å². The van der Waals surface area contributed by atoms with Gasteiger partial charge < -0.3 is 20.1 Å². The molecule has 2 amide bonds. The summed E-state index contributed by atoms with van der Waals surface area (Å²) >= 11 is 0. The van der Waals surface area contributed by atoms with Crippen LogP contribution in [0.15, 0.2) is 65.9 Å². The summed E-state index contributed by atoms with van der Waals surface area (Å²) in [7, 11) is 0. The molecule has 1 aliphatic carbocycles. The topological polar surface area (TPSA) is 93.7 Å². The summed E-state index contributed by atoms with van der Waals surface area (Å²) in [6.45, 7) is 2.26. The fraction of sp³-hybridized carbons (Fsp3) is 0.370. The number of amides is 2. The second-order valence-corrected chi connectivity index (χ2v) is 8.71. The minimum absolute atomic E-state index is 0.326. The number of rotatable bonds is 7. The average Bonchev–Trinajstić information content (AvgIpc) is 2.88. The highest BCUT2D eigenvalue weighted by molar-refractivity contribution is 5.95. The van der Waals surface area contributed by atoms with E-state index in [0.717, 1.165) is 12.8 Å². The molecule has 7 heteroatoms. The van der Waals surface area contributed by atoms with Gasteiger partial charge >= 0.3 is 18.0 Å². The molecule has 2 aliphatic rings. The summed E-state index contributed by atoms with van der Waals surface area (Å²) < 4.78 is 11.3. The van der Waals surface area contributed by atoms with Crippen LogP contribution in [0.3, 0.4) is 0 Å². The number of benzene rings is 2. The molecule has 7 nitrogen and oxygen atoms in total. The van der Waals surface area contributed by atoms with Gasteiger partial charge in [0, 0.05) is 5.70 Å². The molecular weight excluding hydrogens is 432 g/mol. The van der Waals surface area contributed by atoms with Crippen LogP contribution in [0.1, 0.15) is 67.4 Å². The molecule has 1 fully saturated rings. The van der Waals surface area contributed by atoms with E-state index in [0.29, 0.717) is 47.1 Å². The number of hydrogen-bond acceptors (Lipinski definition) is 5. The van der Waals surface area contributed by atoms with Gasteiger partial charge in [-0.2, -0.15) is 0 Å². The summed E-state index contributed by atoms with van der Waals surface area (Å²) in [6, 6.07) is 14.5. The number of esters is 2. The van der Waals surface area contributed by atoms with Crippen LogP contribution in [0.4, 0.5) is 4.79 Å². The molecule has 2 N–H and O–H groups in total.